The summed E-state index contributed by atoms with van der Waals surface area (Å²) in [6, 6.07) is 18.2. The fourth-order valence-electron chi connectivity index (χ4n) is 4.83. The fourth-order valence-corrected chi connectivity index (χ4v) is 4.83. The summed E-state index contributed by atoms with van der Waals surface area (Å²) in [6.45, 7) is 3.26. The Morgan fingerprint density at radius 3 is 2.85 bits per heavy atom. The van der Waals surface area contributed by atoms with Crippen LogP contribution in [0.4, 0.5) is 0 Å². The molecule has 0 amide bonds. The summed E-state index contributed by atoms with van der Waals surface area (Å²) in [4.78, 5) is 10.2. The first-order chi connectivity index (χ1) is 16.6. The van der Waals surface area contributed by atoms with Crippen molar-refractivity contribution < 1.29 is 9.84 Å². The van der Waals surface area contributed by atoms with Gasteiger partial charge in [-0.25, -0.2) is 0 Å². The molecule has 0 radical (unpaired) electrons. The van der Waals surface area contributed by atoms with Gasteiger partial charge in [-0.15, -0.1) is 0 Å². The minimum atomic E-state index is -0.577. The Kier molecular flexibility index (Phi) is 6.45. The number of nitrogens with zero attached hydrogens (tertiary/aromatic N) is 3. The van der Waals surface area contributed by atoms with Crippen molar-refractivity contribution in [3.63, 3.8) is 0 Å². The molecule has 1 aliphatic rings. The molecule has 1 aliphatic heterocycles. The molecule has 2 aromatic carbocycles. The molecular weight excluding hydrogens is 426 g/mol. The zero-order chi connectivity index (χ0) is 23.5. The van der Waals surface area contributed by atoms with Crippen molar-refractivity contribution in [1.82, 2.24) is 20.2 Å². The van der Waals surface area contributed by atoms with Gasteiger partial charge in [0.15, 0.2) is 0 Å². The number of β-amino-alcohol motifs (C(OH)–C–C–N with tert-alkyl or cyclic N) is 1. The van der Waals surface area contributed by atoms with Crippen LogP contribution in [0.3, 0.4) is 0 Å². The number of rotatable bonds is 7. The number of H-pyrrole nitrogens is 1. The number of nitrogens with one attached hydrogen (secondary N) is 2. The molecule has 2 aromatic heterocycles. The minimum Gasteiger partial charge on any atom is -0.497 e. The zero-order valence-corrected chi connectivity index (χ0v) is 19.3. The molecule has 1 fully saturated rings. The molecule has 5 rings (SSSR count). The van der Waals surface area contributed by atoms with Gasteiger partial charge in [-0.3, -0.25) is 4.98 Å². The highest BCUT2D eigenvalue weighted by Gasteiger charge is 2.22. The first-order valence-corrected chi connectivity index (χ1v) is 11.7. The van der Waals surface area contributed by atoms with Gasteiger partial charge in [0, 0.05) is 41.9 Å². The maximum absolute atomic E-state index is 11.0. The van der Waals surface area contributed by atoms with E-state index < -0.39 is 6.10 Å². The molecule has 0 bridgehead atoms. The van der Waals surface area contributed by atoms with Crippen LogP contribution in [0.15, 0.2) is 54.7 Å². The van der Waals surface area contributed by atoms with Crippen molar-refractivity contribution in [1.29, 1.82) is 5.26 Å². The second-order valence-electron chi connectivity index (χ2n) is 8.96. The van der Waals surface area contributed by atoms with Crippen LogP contribution in [0.5, 0.6) is 5.75 Å². The van der Waals surface area contributed by atoms with Gasteiger partial charge in [0.05, 0.1) is 30.4 Å². The average Bonchev–Trinajstić information content (AvgIpc) is 3.29. The summed E-state index contributed by atoms with van der Waals surface area (Å²) in [5.41, 5.74) is 4.55. The molecule has 0 aliphatic carbocycles. The molecule has 7 nitrogen and oxygen atoms in total. The topological polar surface area (TPSA) is 97.2 Å². The number of pyridine rings is 1. The second-order valence-corrected chi connectivity index (χ2v) is 8.96. The summed E-state index contributed by atoms with van der Waals surface area (Å²) >= 11 is 0. The standard InChI is InChI=1S/C27H29N5O2/c1-34-22-4-5-25-24(14-22)23(6-9-29-25)27(33)17-32-10-7-20(8-11-32)30-16-21-13-19-3-2-18(15-28)12-26(19)31-21/h2-6,9,12-14,20,27,30-31,33H,7-8,10-11,16-17H2,1H3/t27-/m0/s1. The van der Waals surface area contributed by atoms with Crippen molar-refractivity contribution in [2.45, 2.75) is 31.5 Å². The van der Waals surface area contributed by atoms with E-state index in [0.29, 0.717) is 18.2 Å². The van der Waals surface area contributed by atoms with Crippen LogP contribution >= 0.6 is 0 Å². The van der Waals surface area contributed by atoms with Crippen molar-refractivity contribution in [2.75, 3.05) is 26.7 Å². The molecule has 0 saturated carbocycles. The molecule has 7 heteroatoms. The Morgan fingerprint density at radius 1 is 1.21 bits per heavy atom. The van der Waals surface area contributed by atoms with Gasteiger partial charge in [-0.1, -0.05) is 6.07 Å². The Labute approximate surface area is 199 Å². The lowest BCUT2D eigenvalue weighted by molar-refractivity contribution is 0.0948. The third-order valence-corrected chi connectivity index (χ3v) is 6.75. The largest absolute Gasteiger partial charge is 0.497 e. The van der Waals surface area contributed by atoms with Crippen LogP contribution in [0.2, 0.25) is 0 Å². The van der Waals surface area contributed by atoms with E-state index in [1.54, 1.807) is 13.3 Å². The van der Waals surface area contributed by atoms with Crippen molar-refractivity contribution in [2.24, 2.45) is 0 Å². The number of nitriles is 1. The van der Waals surface area contributed by atoms with E-state index in [0.717, 1.165) is 71.3 Å². The summed E-state index contributed by atoms with van der Waals surface area (Å²) in [5.74, 6) is 0.765. The lowest BCUT2D eigenvalue weighted by atomic mass is 10.0. The number of aliphatic hydroxyl groups is 1. The molecule has 3 heterocycles. The minimum absolute atomic E-state index is 0.445. The zero-order valence-electron chi connectivity index (χ0n) is 19.3. The molecule has 1 atom stereocenters. The van der Waals surface area contributed by atoms with Gasteiger partial charge in [-0.2, -0.15) is 5.26 Å². The molecule has 4 aromatic rings. The highest BCUT2D eigenvalue weighted by atomic mass is 16.5. The number of likely N-dealkylation sites (tertiary alicyclic amines) is 1. The summed E-state index contributed by atoms with van der Waals surface area (Å²) in [6.07, 6.45) is 3.26. The molecule has 0 spiro atoms. The highest BCUT2D eigenvalue weighted by molar-refractivity contribution is 5.84. The van der Waals surface area contributed by atoms with Gasteiger partial charge >= 0.3 is 0 Å². The molecule has 174 valence electrons. The number of aliphatic hydroxyl groups excluding tert-OH is 1. The number of hydrogen-bond acceptors (Lipinski definition) is 6. The number of fused-ring (bicyclic) bond motifs is 2. The molecule has 1 saturated heterocycles. The number of ether oxygens (including phenoxy) is 1. The molecule has 34 heavy (non-hydrogen) atoms. The summed E-state index contributed by atoms with van der Waals surface area (Å²) < 4.78 is 5.36. The number of aromatic amines is 1. The van der Waals surface area contributed by atoms with E-state index in [1.165, 1.54) is 0 Å². The van der Waals surface area contributed by atoms with E-state index in [2.05, 4.69) is 32.3 Å². The normalized spacial score (nSPS) is 16.0. The SMILES string of the molecule is COc1ccc2nccc([C@@H](O)CN3CCC(NCc4cc5ccc(C#N)cc5[nH]4)CC3)c2c1. The van der Waals surface area contributed by atoms with E-state index in [-0.39, 0.29) is 0 Å². The summed E-state index contributed by atoms with van der Waals surface area (Å²) in [5, 5.41) is 25.8. The van der Waals surface area contributed by atoms with Crippen molar-refractivity contribution >= 4 is 21.8 Å². The van der Waals surface area contributed by atoms with Crippen LogP contribution < -0.4 is 10.1 Å². The van der Waals surface area contributed by atoms with Crippen LogP contribution in [-0.4, -0.2) is 52.8 Å². The third kappa shape index (κ3) is 4.75. The maximum Gasteiger partial charge on any atom is 0.119 e. The number of benzene rings is 2. The van der Waals surface area contributed by atoms with Crippen molar-refractivity contribution in [3.8, 4) is 11.8 Å². The van der Waals surface area contributed by atoms with Gasteiger partial charge in [0.2, 0.25) is 0 Å². The monoisotopic (exact) mass is 455 g/mol. The highest BCUT2D eigenvalue weighted by Crippen LogP contribution is 2.28. The van der Waals surface area contributed by atoms with Crippen LogP contribution in [0.1, 0.15) is 35.8 Å². The van der Waals surface area contributed by atoms with E-state index in [4.69, 9.17) is 10.00 Å². The van der Waals surface area contributed by atoms with Crippen LogP contribution in [0.25, 0.3) is 21.8 Å². The first kappa shape index (κ1) is 22.4. The van der Waals surface area contributed by atoms with E-state index >= 15 is 0 Å². The lowest BCUT2D eigenvalue weighted by Gasteiger charge is -2.33. The van der Waals surface area contributed by atoms with E-state index in [1.807, 2.05) is 42.5 Å². The average molecular weight is 456 g/mol. The Morgan fingerprint density at radius 2 is 2.06 bits per heavy atom. The second kappa shape index (κ2) is 9.82. The third-order valence-electron chi connectivity index (χ3n) is 6.75. The molecule has 0 unspecified atom stereocenters. The van der Waals surface area contributed by atoms with Crippen LogP contribution in [0, 0.1) is 11.3 Å². The quantitative estimate of drug-likeness (QED) is 0.391. The van der Waals surface area contributed by atoms with Gasteiger partial charge in [0.1, 0.15) is 5.75 Å². The maximum atomic E-state index is 11.0. The van der Waals surface area contributed by atoms with Gasteiger partial charge in [-0.05, 0) is 79.3 Å². The number of methoxy groups -OCH3 is 1. The lowest BCUT2D eigenvalue weighted by Crippen LogP contribution is -2.43. The van der Waals surface area contributed by atoms with Gasteiger partial charge in [0.25, 0.3) is 0 Å². The Hall–Kier alpha value is -3.44. The Bertz CT molecular complexity index is 1330. The number of hydrogen-bond donors (Lipinski definition) is 3. The molecular formula is C27H29N5O2. The molecule has 3 N–H and O–H groups in total. The first-order valence-electron chi connectivity index (χ1n) is 11.7. The van der Waals surface area contributed by atoms with Gasteiger partial charge < -0.3 is 25.0 Å². The predicted molar refractivity (Wildman–Crippen MR) is 133 cm³/mol. The smallest absolute Gasteiger partial charge is 0.119 e. The predicted octanol–water partition coefficient (Wildman–Crippen LogP) is 3.88. The fraction of sp³-hybridized carbons (Fsp3) is 0.333. The Balaban J connectivity index is 1.15. The summed E-state index contributed by atoms with van der Waals surface area (Å²) in [7, 11) is 1.65. The number of aromatic nitrogens is 2. The van der Waals surface area contributed by atoms with Crippen molar-refractivity contribution in [3.05, 3.63) is 71.5 Å². The number of piperidine rings is 1. The van der Waals surface area contributed by atoms with E-state index in [9.17, 15) is 5.11 Å². The van der Waals surface area contributed by atoms with Crippen LogP contribution in [-0.2, 0) is 6.54 Å².